The van der Waals surface area contributed by atoms with E-state index in [9.17, 15) is 4.79 Å². The molecule has 0 spiro atoms. The van der Waals surface area contributed by atoms with Gasteiger partial charge in [-0.05, 0) is 18.4 Å². The molecule has 17 heavy (non-hydrogen) atoms. The summed E-state index contributed by atoms with van der Waals surface area (Å²) in [6, 6.07) is 1.55. The van der Waals surface area contributed by atoms with Crippen LogP contribution in [0.3, 0.4) is 0 Å². The molecule has 94 valence electrons. The third kappa shape index (κ3) is 4.17. The molecular weight excluding hydrogens is 259 g/mol. The maximum absolute atomic E-state index is 12.0. The molecule has 0 aliphatic carbocycles. The van der Waals surface area contributed by atoms with E-state index in [0.29, 0.717) is 16.5 Å². The van der Waals surface area contributed by atoms with Crippen LogP contribution in [-0.2, 0) is 0 Å². The molecule has 0 aliphatic heterocycles. The summed E-state index contributed by atoms with van der Waals surface area (Å²) in [5, 5.41) is 0.517. The summed E-state index contributed by atoms with van der Waals surface area (Å²) in [7, 11) is 1.77. The van der Waals surface area contributed by atoms with Gasteiger partial charge in [-0.25, -0.2) is 4.98 Å². The fourth-order valence-electron chi connectivity index (χ4n) is 1.31. The number of carbonyl (C=O) groups is 1. The van der Waals surface area contributed by atoms with E-state index in [2.05, 4.69) is 18.8 Å². The maximum atomic E-state index is 12.0. The highest BCUT2D eigenvalue weighted by Crippen LogP contribution is 2.20. The Balaban J connectivity index is 2.71. The molecule has 1 aromatic rings. The molecular formula is C12H16Cl2N2O. The molecule has 0 atom stereocenters. The molecule has 0 bridgehead atoms. The summed E-state index contributed by atoms with van der Waals surface area (Å²) in [5.41, 5.74) is 0.464. The van der Waals surface area contributed by atoms with Crippen LogP contribution in [0.25, 0.3) is 0 Å². The second-order valence-electron chi connectivity index (χ2n) is 4.41. The molecule has 0 aliphatic rings. The van der Waals surface area contributed by atoms with E-state index in [1.165, 1.54) is 6.20 Å². The van der Waals surface area contributed by atoms with Crippen molar-refractivity contribution in [2.24, 2.45) is 5.92 Å². The number of hydrogen-bond donors (Lipinski definition) is 0. The fraction of sp³-hybridized carbons (Fsp3) is 0.500. The molecule has 0 saturated heterocycles. The lowest BCUT2D eigenvalue weighted by Gasteiger charge is -2.18. The van der Waals surface area contributed by atoms with Crippen LogP contribution in [0.1, 0.15) is 30.6 Å². The lowest BCUT2D eigenvalue weighted by atomic mass is 10.1. The van der Waals surface area contributed by atoms with E-state index in [4.69, 9.17) is 23.2 Å². The first-order valence-corrected chi connectivity index (χ1v) is 6.24. The Morgan fingerprint density at radius 3 is 2.65 bits per heavy atom. The second-order valence-corrected chi connectivity index (χ2v) is 5.17. The number of hydrogen-bond acceptors (Lipinski definition) is 2. The summed E-state index contributed by atoms with van der Waals surface area (Å²) in [6.45, 7) is 4.97. The summed E-state index contributed by atoms with van der Waals surface area (Å²) in [5.74, 6) is 0.480. The highest BCUT2D eigenvalue weighted by atomic mass is 35.5. The number of carbonyl (C=O) groups excluding carboxylic acids is 1. The van der Waals surface area contributed by atoms with E-state index in [1.54, 1.807) is 18.0 Å². The monoisotopic (exact) mass is 274 g/mol. The number of halogens is 2. The second kappa shape index (κ2) is 6.22. The van der Waals surface area contributed by atoms with Gasteiger partial charge in [0.1, 0.15) is 5.15 Å². The molecule has 1 rings (SSSR count). The van der Waals surface area contributed by atoms with Gasteiger partial charge >= 0.3 is 0 Å². The summed E-state index contributed by atoms with van der Waals surface area (Å²) in [4.78, 5) is 17.5. The highest BCUT2D eigenvalue weighted by molar-refractivity contribution is 6.41. The number of pyridine rings is 1. The number of amides is 1. The van der Waals surface area contributed by atoms with Crippen LogP contribution in [0.2, 0.25) is 10.2 Å². The maximum Gasteiger partial charge on any atom is 0.255 e. The first kappa shape index (κ1) is 14.3. The number of nitrogens with zero attached hydrogens (tertiary/aromatic N) is 2. The molecule has 0 saturated carbocycles. The lowest BCUT2D eigenvalue weighted by molar-refractivity contribution is 0.0789. The average molecular weight is 275 g/mol. The molecule has 0 unspecified atom stereocenters. The zero-order valence-electron chi connectivity index (χ0n) is 10.2. The SMILES string of the molecule is CC(C)CCN(C)C(=O)c1cnc(Cl)c(Cl)c1. The third-order valence-electron chi connectivity index (χ3n) is 2.43. The van der Waals surface area contributed by atoms with E-state index in [-0.39, 0.29) is 11.1 Å². The Morgan fingerprint density at radius 2 is 2.12 bits per heavy atom. The number of aromatic nitrogens is 1. The zero-order chi connectivity index (χ0) is 13.0. The van der Waals surface area contributed by atoms with Crippen molar-refractivity contribution >= 4 is 29.1 Å². The van der Waals surface area contributed by atoms with Gasteiger partial charge in [-0.15, -0.1) is 0 Å². The van der Waals surface area contributed by atoms with Gasteiger partial charge in [0.25, 0.3) is 5.91 Å². The van der Waals surface area contributed by atoms with Crippen LogP contribution in [0.15, 0.2) is 12.3 Å². The molecule has 0 fully saturated rings. The Morgan fingerprint density at radius 1 is 1.47 bits per heavy atom. The molecule has 0 aromatic carbocycles. The van der Waals surface area contributed by atoms with Crippen molar-refractivity contribution in [2.45, 2.75) is 20.3 Å². The Hall–Kier alpha value is -0.800. The minimum atomic E-state index is -0.0864. The van der Waals surface area contributed by atoms with Gasteiger partial charge in [-0.2, -0.15) is 0 Å². The van der Waals surface area contributed by atoms with Crippen molar-refractivity contribution in [1.82, 2.24) is 9.88 Å². The van der Waals surface area contributed by atoms with Gasteiger partial charge in [0.15, 0.2) is 0 Å². The first-order valence-electron chi connectivity index (χ1n) is 5.48. The molecule has 1 heterocycles. The summed E-state index contributed by atoms with van der Waals surface area (Å²) < 4.78 is 0. The third-order valence-corrected chi connectivity index (χ3v) is 3.12. The number of rotatable bonds is 4. The summed E-state index contributed by atoms with van der Waals surface area (Å²) >= 11 is 11.5. The topological polar surface area (TPSA) is 33.2 Å². The van der Waals surface area contributed by atoms with E-state index in [0.717, 1.165) is 13.0 Å². The predicted molar refractivity (Wildman–Crippen MR) is 70.7 cm³/mol. The van der Waals surface area contributed by atoms with Crippen LogP contribution >= 0.6 is 23.2 Å². The van der Waals surface area contributed by atoms with Crippen LogP contribution in [-0.4, -0.2) is 29.4 Å². The standard InChI is InChI=1S/C12H16Cl2N2O/c1-8(2)4-5-16(3)12(17)9-6-10(13)11(14)15-7-9/h6-8H,4-5H2,1-3H3. The van der Waals surface area contributed by atoms with Crippen molar-refractivity contribution < 1.29 is 4.79 Å². The molecule has 1 aromatic heterocycles. The van der Waals surface area contributed by atoms with Crippen LogP contribution in [0.4, 0.5) is 0 Å². The quantitative estimate of drug-likeness (QED) is 0.788. The predicted octanol–water partition coefficient (Wildman–Crippen LogP) is 3.51. The summed E-state index contributed by atoms with van der Waals surface area (Å²) in [6.07, 6.45) is 2.42. The molecule has 0 radical (unpaired) electrons. The van der Waals surface area contributed by atoms with Crippen molar-refractivity contribution in [3.05, 3.63) is 28.0 Å². The van der Waals surface area contributed by atoms with Crippen molar-refractivity contribution in [2.75, 3.05) is 13.6 Å². The van der Waals surface area contributed by atoms with Crippen molar-refractivity contribution in [3.63, 3.8) is 0 Å². The molecule has 1 amide bonds. The minimum absolute atomic E-state index is 0.0864. The van der Waals surface area contributed by atoms with E-state index < -0.39 is 0 Å². The Labute approximate surface area is 112 Å². The largest absolute Gasteiger partial charge is 0.342 e. The first-order chi connectivity index (χ1) is 7.91. The molecule has 3 nitrogen and oxygen atoms in total. The smallest absolute Gasteiger partial charge is 0.255 e. The minimum Gasteiger partial charge on any atom is -0.342 e. The fourth-order valence-corrected chi connectivity index (χ4v) is 1.58. The van der Waals surface area contributed by atoms with Gasteiger partial charge in [0, 0.05) is 19.8 Å². The normalized spacial score (nSPS) is 10.7. The van der Waals surface area contributed by atoms with Gasteiger partial charge in [-0.1, -0.05) is 37.0 Å². The highest BCUT2D eigenvalue weighted by Gasteiger charge is 2.13. The van der Waals surface area contributed by atoms with Crippen LogP contribution in [0.5, 0.6) is 0 Å². The van der Waals surface area contributed by atoms with Crippen molar-refractivity contribution in [3.8, 4) is 0 Å². The van der Waals surface area contributed by atoms with Gasteiger partial charge in [-0.3, -0.25) is 4.79 Å². The van der Waals surface area contributed by atoms with Gasteiger partial charge in [0.05, 0.1) is 10.6 Å². The van der Waals surface area contributed by atoms with Crippen molar-refractivity contribution in [1.29, 1.82) is 0 Å². The average Bonchev–Trinajstić information content (AvgIpc) is 2.28. The molecule has 5 heteroatoms. The van der Waals surface area contributed by atoms with E-state index in [1.807, 2.05) is 0 Å². The molecule has 0 N–H and O–H groups in total. The Bertz CT molecular complexity index is 407. The zero-order valence-corrected chi connectivity index (χ0v) is 11.7. The Kier molecular flexibility index (Phi) is 5.22. The lowest BCUT2D eigenvalue weighted by Crippen LogP contribution is -2.28. The van der Waals surface area contributed by atoms with Gasteiger partial charge < -0.3 is 4.90 Å². The van der Waals surface area contributed by atoms with Gasteiger partial charge in [0.2, 0.25) is 0 Å². The van der Waals surface area contributed by atoms with Crippen LogP contribution < -0.4 is 0 Å². The van der Waals surface area contributed by atoms with Crippen LogP contribution in [0, 0.1) is 5.92 Å². The van der Waals surface area contributed by atoms with E-state index >= 15 is 0 Å².